The molecule has 6 rings (SSSR count). The highest BCUT2D eigenvalue weighted by molar-refractivity contribution is 5.79. The molecule has 0 unspecified atom stereocenters. The van der Waals surface area contributed by atoms with Crippen molar-refractivity contribution in [3.63, 3.8) is 0 Å². The van der Waals surface area contributed by atoms with Crippen LogP contribution in [0.5, 0.6) is 0 Å². The van der Waals surface area contributed by atoms with E-state index in [1.54, 1.807) is 0 Å². The van der Waals surface area contributed by atoms with Crippen LogP contribution in [0, 0.1) is 17.8 Å². The average molecular weight is 293 g/mol. The molecule has 4 bridgehead atoms. The number of aromatic amines is 2. The molecule has 0 radical (unpaired) electrons. The molecule has 0 atom stereocenters. The Bertz CT molecular complexity index is 657. The Morgan fingerprint density at radius 2 is 1.68 bits per heavy atom. The minimum absolute atomic E-state index is 0.270. The standard InChI is InChI=1S/C19H23N3/c1-2-17(20-5-1)18-4-3-16(22-18)12-21-19-9-13-6-14(10-19)8-15(7-13)11-19/h1-5,12-15,20,22H,6-11H2. The van der Waals surface area contributed by atoms with E-state index in [0.717, 1.165) is 34.8 Å². The number of aliphatic imine (C=N–C) groups is 1. The largest absolute Gasteiger partial charge is 0.360 e. The summed E-state index contributed by atoms with van der Waals surface area (Å²) < 4.78 is 0. The Kier molecular flexibility index (Phi) is 2.67. The highest BCUT2D eigenvalue weighted by Gasteiger charge is 2.50. The fraction of sp³-hybridized carbons (Fsp3) is 0.526. The fourth-order valence-corrected chi connectivity index (χ4v) is 5.57. The van der Waals surface area contributed by atoms with Gasteiger partial charge in [-0.15, -0.1) is 0 Å². The Balaban J connectivity index is 1.38. The number of nitrogens with zero attached hydrogens (tertiary/aromatic N) is 1. The first kappa shape index (κ1) is 12.7. The SMILES string of the molecule is C(=NC12CC3CC(CC(C3)C1)C2)c1ccc(-c2ccc[nH]2)[nH]1. The highest BCUT2D eigenvalue weighted by atomic mass is 14.9. The summed E-state index contributed by atoms with van der Waals surface area (Å²) in [6.45, 7) is 0. The Morgan fingerprint density at radius 3 is 2.32 bits per heavy atom. The van der Waals surface area contributed by atoms with Crippen molar-refractivity contribution in [3.05, 3.63) is 36.2 Å². The molecule has 4 fully saturated rings. The first-order valence-corrected chi connectivity index (χ1v) is 8.66. The van der Waals surface area contributed by atoms with Gasteiger partial charge in [-0.1, -0.05) is 0 Å². The van der Waals surface area contributed by atoms with Gasteiger partial charge in [-0.3, -0.25) is 4.99 Å². The van der Waals surface area contributed by atoms with Crippen LogP contribution >= 0.6 is 0 Å². The van der Waals surface area contributed by atoms with Gasteiger partial charge in [0.1, 0.15) is 0 Å². The molecule has 0 aliphatic heterocycles. The van der Waals surface area contributed by atoms with Crippen molar-refractivity contribution in [2.75, 3.05) is 0 Å². The van der Waals surface area contributed by atoms with Crippen molar-refractivity contribution < 1.29 is 0 Å². The van der Waals surface area contributed by atoms with Gasteiger partial charge >= 0.3 is 0 Å². The minimum Gasteiger partial charge on any atom is -0.360 e. The molecule has 0 amide bonds. The number of aromatic nitrogens is 2. The van der Waals surface area contributed by atoms with E-state index in [0.29, 0.717) is 0 Å². The van der Waals surface area contributed by atoms with Crippen LogP contribution < -0.4 is 0 Å². The van der Waals surface area contributed by atoms with Crippen molar-refractivity contribution in [2.24, 2.45) is 22.7 Å². The van der Waals surface area contributed by atoms with Crippen molar-refractivity contribution in [3.8, 4) is 11.4 Å². The van der Waals surface area contributed by atoms with Crippen LogP contribution in [0.15, 0.2) is 35.5 Å². The van der Waals surface area contributed by atoms with E-state index in [9.17, 15) is 0 Å². The maximum absolute atomic E-state index is 5.11. The summed E-state index contributed by atoms with van der Waals surface area (Å²) in [6, 6.07) is 8.39. The predicted octanol–water partition coefficient (Wildman–Crippen LogP) is 4.40. The molecule has 0 saturated heterocycles. The van der Waals surface area contributed by atoms with Gasteiger partial charge in [-0.2, -0.15) is 0 Å². The zero-order chi connectivity index (χ0) is 14.6. The first-order valence-electron chi connectivity index (χ1n) is 8.66. The Labute approximate surface area is 131 Å². The summed E-state index contributed by atoms with van der Waals surface area (Å²) in [6.07, 6.45) is 12.5. The molecule has 2 N–H and O–H groups in total. The molecule has 2 aromatic rings. The lowest BCUT2D eigenvalue weighted by molar-refractivity contribution is 0.00194. The lowest BCUT2D eigenvalue weighted by Crippen LogP contribution is -2.49. The molecule has 22 heavy (non-hydrogen) atoms. The molecule has 4 aliphatic carbocycles. The zero-order valence-electron chi connectivity index (χ0n) is 12.9. The van der Waals surface area contributed by atoms with Crippen molar-refractivity contribution in [1.29, 1.82) is 0 Å². The van der Waals surface area contributed by atoms with Crippen LogP contribution in [-0.2, 0) is 0 Å². The predicted molar refractivity (Wildman–Crippen MR) is 89.1 cm³/mol. The first-order chi connectivity index (χ1) is 10.8. The second kappa shape index (κ2) is 4.61. The number of rotatable bonds is 3. The summed E-state index contributed by atoms with van der Waals surface area (Å²) in [7, 11) is 0. The number of nitrogens with one attached hydrogen (secondary N) is 2. The lowest BCUT2D eigenvalue weighted by atomic mass is 9.53. The Morgan fingerprint density at radius 1 is 0.955 bits per heavy atom. The third kappa shape index (κ3) is 2.06. The monoisotopic (exact) mass is 293 g/mol. The van der Waals surface area contributed by atoms with E-state index in [4.69, 9.17) is 4.99 Å². The van der Waals surface area contributed by atoms with E-state index in [-0.39, 0.29) is 5.54 Å². The lowest BCUT2D eigenvalue weighted by Gasteiger charge is -2.54. The van der Waals surface area contributed by atoms with Crippen LogP contribution in [0.3, 0.4) is 0 Å². The molecule has 3 heteroatoms. The van der Waals surface area contributed by atoms with E-state index in [1.165, 1.54) is 38.5 Å². The van der Waals surface area contributed by atoms with Crippen LogP contribution in [0.1, 0.15) is 44.2 Å². The summed E-state index contributed by atoms with van der Waals surface area (Å²) in [5.74, 6) is 2.88. The topological polar surface area (TPSA) is 43.9 Å². The van der Waals surface area contributed by atoms with E-state index in [1.807, 2.05) is 12.3 Å². The van der Waals surface area contributed by atoms with Gasteiger partial charge in [0, 0.05) is 12.4 Å². The number of hydrogen-bond acceptors (Lipinski definition) is 1. The third-order valence-electron chi connectivity index (χ3n) is 6.08. The van der Waals surface area contributed by atoms with Gasteiger partial charge < -0.3 is 9.97 Å². The van der Waals surface area contributed by atoms with Gasteiger partial charge in [0.05, 0.1) is 22.6 Å². The fourth-order valence-electron chi connectivity index (χ4n) is 5.57. The van der Waals surface area contributed by atoms with Gasteiger partial charge in [0.25, 0.3) is 0 Å². The van der Waals surface area contributed by atoms with Crippen molar-refractivity contribution >= 4 is 6.21 Å². The average Bonchev–Trinajstić information content (AvgIpc) is 3.15. The second-order valence-electron chi connectivity index (χ2n) is 7.81. The van der Waals surface area contributed by atoms with Crippen LogP contribution in [0.25, 0.3) is 11.4 Å². The molecule has 3 nitrogen and oxygen atoms in total. The summed E-state index contributed by atoms with van der Waals surface area (Å²) >= 11 is 0. The second-order valence-corrected chi connectivity index (χ2v) is 7.81. The van der Waals surface area contributed by atoms with Crippen LogP contribution in [-0.4, -0.2) is 21.7 Å². The molecule has 0 spiro atoms. The normalized spacial score (nSPS) is 36.5. The van der Waals surface area contributed by atoms with Crippen molar-refractivity contribution in [1.82, 2.24) is 9.97 Å². The number of H-pyrrole nitrogens is 2. The maximum Gasteiger partial charge on any atom is 0.0624 e. The Hall–Kier alpha value is -1.77. The highest BCUT2D eigenvalue weighted by Crippen LogP contribution is 2.57. The molecular weight excluding hydrogens is 270 g/mol. The van der Waals surface area contributed by atoms with E-state index >= 15 is 0 Å². The van der Waals surface area contributed by atoms with Gasteiger partial charge in [0.2, 0.25) is 0 Å². The summed E-state index contributed by atoms with van der Waals surface area (Å²) in [5, 5.41) is 0. The molecular formula is C19H23N3. The smallest absolute Gasteiger partial charge is 0.0624 e. The minimum atomic E-state index is 0.270. The third-order valence-corrected chi connectivity index (χ3v) is 6.08. The quantitative estimate of drug-likeness (QED) is 0.788. The zero-order valence-corrected chi connectivity index (χ0v) is 12.9. The van der Waals surface area contributed by atoms with Gasteiger partial charge in [-0.05, 0) is 80.5 Å². The molecule has 4 saturated carbocycles. The molecule has 2 aromatic heterocycles. The van der Waals surface area contributed by atoms with Crippen molar-refractivity contribution in [2.45, 2.75) is 44.1 Å². The van der Waals surface area contributed by atoms with Gasteiger partial charge in [-0.25, -0.2) is 0 Å². The van der Waals surface area contributed by atoms with Crippen LogP contribution in [0.4, 0.5) is 0 Å². The van der Waals surface area contributed by atoms with Crippen LogP contribution in [0.2, 0.25) is 0 Å². The van der Waals surface area contributed by atoms with Gasteiger partial charge in [0.15, 0.2) is 0 Å². The summed E-state index contributed by atoms with van der Waals surface area (Å²) in [5.41, 5.74) is 3.67. The molecule has 0 aromatic carbocycles. The molecule has 2 heterocycles. The number of hydrogen-bond donors (Lipinski definition) is 2. The van der Waals surface area contributed by atoms with E-state index in [2.05, 4.69) is 34.4 Å². The molecule has 114 valence electrons. The summed E-state index contributed by atoms with van der Waals surface area (Å²) in [4.78, 5) is 11.8. The maximum atomic E-state index is 5.11. The molecule has 4 aliphatic rings. The van der Waals surface area contributed by atoms with E-state index < -0.39 is 0 Å².